The van der Waals surface area contributed by atoms with Crippen molar-refractivity contribution in [2.75, 3.05) is 34.3 Å². The van der Waals surface area contributed by atoms with Gasteiger partial charge in [-0.25, -0.2) is 4.39 Å². The van der Waals surface area contributed by atoms with Gasteiger partial charge < -0.3 is 18.5 Å². The molecule has 35 heavy (non-hydrogen) atoms. The van der Waals surface area contributed by atoms with Crippen molar-refractivity contribution in [3.63, 3.8) is 0 Å². The molecule has 0 saturated carbocycles. The molecule has 0 N–H and O–H groups in total. The summed E-state index contributed by atoms with van der Waals surface area (Å²) in [6.45, 7) is 4.37. The van der Waals surface area contributed by atoms with Crippen LogP contribution in [0.4, 0.5) is 4.39 Å². The van der Waals surface area contributed by atoms with Gasteiger partial charge in [-0.15, -0.1) is 0 Å². The Bertz CT molecular complexity index is 1150. The van der Waals surface area contributed by atoms with Crippen molar-refractivity contribution in [3.8, 4) is 5.75 Å². The van der Waals surface area contributed by atoms with E-state index in [1.807, 2.05) is 6.07 Å². The molecule has 0 aliphatic heterocycles. The third-order valence-electron chi connectivity index (χ3n) is 6.13. The molecule has 0 aliphatic rings. The van der Waals surface area contributed by atoms with E-state index >= 15 is 0 Å². The number of aryl methyl sites for hydroxylation is 3. The van der Waals surface area contributed by atoms with Gasteiger partial charge in [-0.05, 0) is 83.8 Å². The van der Waals surface area contributed by atoms with Crippen LogP contribution < -0.4 is 4.74 Å². The Balaban J connectivity index is 1.83. The molecule has 0 spiro atoms. The van der Waals surface area contributed by atoms with Gasteiger partial charge in [0.15, 0.2) is 6.79 Å². The number of rotatable bonds is 12. The highest BCUT2D eigenvalue weighted by Crippen LogP contribution is 2.46. The van der Waals surface area contributed by atoms with E-state index in [0.717, 1.165) is 34.4 Å². The lowest BCUT2D eigenvalue weighted by molar-refractivity contribution is 0.0505. The second kappa shape index (κ2) is 12.5. The summed E-state index contributed by atoms with van der Waals surface area (Å²) in [7, 11) is 1.39. The summed E-state index contributed by atoms with van der Waals surface area (Å²) in [4.78, 5) is 0. The van der Waals surface area contributed by atoms with Crippen LogP contribution >= 0.6 is 7.60 Å². The average molecular weight is 501 g/mol. The van der Waals surface area contributed by atoms with Crippen LogP contribution in [-0.4, -0.2) is 34.3 Å². The van der Waals surface area contributed by atoms with Gasteiger partial charge in [-0.3, -0.25) is 4.57 Å². The monoisotopic (exact) mass is 500 g/mol. The topological polar surface area (TPSA) is 54.0 Å². The van der Waals surface area contributed by atoms with Gasteiger partial charge in [-0.2, -0.15) is 0 Å². The summed E-state index contributed by atoms with van der Waals surface area (Å²) >= 11 is 0. The second-order valence-electron chi connectivity index (χ2n) is 8.63. The van der Waals surface area contributed by atoms with Gasteiger partial charge in [0.25, 0.3) is 0 Å². The number of ether oxygens (including phenoxy) is 2. The van der Waals surface area contributed by atoms with Gasteiger partial charge in [0.2, 0.25) is 0 Å². The van der Waals surface area contributed by atoms with Crippen molar-refractivity contribution in [2.45, 2.75) is 33.1 Å². The highest BCUT2D eigenvalue weighted by molar-refractivity contribution is 7.53. The van der Waals surface area contributed by atoms with Crippen molar-refractivity contribution in [3.05, 3.63) is 99.4 Å². The highest BCUT2D eigenvalue weighted by Gasteiger charge is 2.21. The molecule has 0 amide bonds. The lowest BCUT2D eigenvalue weighted by Gasteiger charge is -2.17. The molecule has 3 aromatic carbocycles. The molecule has 0 unspecified atom stereocenters. The zero-order valence-electron chi connectivity index (χ0n) is 21.1. The molecule has 0 aromatic heterocycles. The normalized spacial score (nSPS) is 11.6. The molecule has 0 saturated heterocycles. The first-order chi connectivity index (χ1) is 16.8. The summed E-state index contributed by atoms with van der Waals surface area (Å²) in [5.41, 5.74) is 7.93. The van der Waals surface area contributed by atoms with Crippen LogP contribution in [0.2, 0.25) is 0 Å². The number of hydrogen-bond acceptors (Lipinski definition) is 5. The summed E-state index contributed by atoms with van der Waals surface area (Å²) in [6.07, 6.45) is 2.36. The third kappa shape index (κ3) is 7.49. The first-order valence-electron chi connectivity index (χ1n) is 11.5. The predicted octanol–water partition coefficient (Wildman–Crippen LogP) is 6.64. The number of hydrogen-bond donors (Lipinski definition) is 0. The second-order valence-corrected chi connectivity index (χ2v) is 11.0. The first kappa shape index (κ1) is 27.1. The maximum Gasteiger partial charge on any atom is 0.330 e. The molecule has 5 nitrogen and oxygen atoms in total. The number of benzene rings is 3. The van der Waals surface area contributed by atoms with Crippen molar-refractivity contribution in [2.24, 2.45) is 0 Å². The third-order valence-corrected chi connectivity index (χ3v) is 8.02. The molecule has 0 atom stereocenters. The molecule has 3 rings (SSSR count). The van der Waals surface area contributed by atoms with E-state index in [-0.39, 0.29) is 12.6 Å². The van der Waals surface area contributed by atoms with E-state index in [9.17, 15) is 8.96 Å². The van der Waals surface area contributed by atoms with E-state index in [1.54, 1.807) is 19.2 Å². The van der Waals surface area contributed by atoms with Crippen LogP contribution in [0, 0.1) is 19.7 Å². The Morgan fingerprint density at radius 2 is 1.43 bits per heavy atom. The van der Waals surface area contributed by atoms with E-state index < -0.39 is 7.60 Å². The quantitative estimate of drug-likeness (QED) is 0.206. The van der Waals surface area contributed by atoms with Crippen LogP contribution in [0.15, 0.2) is 54.6 Å². The summed E-state index contributed by atoms with van der Waals surface area (Å²) in [5, 5.41) is 0. The van der Waals surface area contributed by atoms with Crippen molar-refractivity contribution in [1.29, 1.82) is 0 Å². The summed E-state index contributed by atoms with van der Waals surface area (Å²) < 4.78 is 46.7. The standard InChI is InChI=1S/C28H34FO5P/c1-20-14-24(12-13-35(30,32-4)33-5)15-21(2)27(20)18-23-8-11-28(34-19-31-3)25(17-23)16-22-6-9-26(29)10-7-22/h6-11,14-15,17H,12-13,16,18-19H2,1-5H3. The van der Waals surface area contributed by atoms with Gasteiger partial charge in [0, 0.05) is 27.8 Å². The Kier molecular flexibility index (Phi) is 9.64. The van der Waals surface area contributed by atoms with Crippen LogP contribution in [0.1, 0.15) is 38.9 Å². The Hall–Kier alpha value is -2.50. The van der Waals surface area contributed by atoms with Crippen molar-refractivity contribution in [1.82, 2.24) is 0 Å². The predicted molar refractivity (Wildman–Crippen MR) is 137 cm³/mol. The Morgan fingerprint density at radius 3 is 2.03 bits per heavy atom. The molecule has 0 aliphatic carbocycles. The van der Waals surface area contributed by atoms with Crippen molar-refractivity contribution >= 4 is 7.60 Å². The van der Waals surface area contributed by atoms with E-state index in [4.69, 9.17) is 18.5 Å². The average Bonchev–Trinajstić information content (AvgIpc) is 2.85. The lowest BCUT2D eigenvalue weighted by atomic mass is 9.92. The van der Waals surface area contributed by atoms with Crippen LogP contribution in [-0.2, 0) is 37.6 Å². The maximum absolute atomic E-state index is 13.4. The smallest absolute Gasteiger partial charge is 0.330 e. The number of halogens is 1. The SMILES string of the molecule is COCOc1ccc(Cc2c(C)cc(CCP(=O)(OC)OC)cc2C)cc1Cc1ccc(F)cc1. The molecule has 0 radical (unpaired) electrons. The van der Waals surface area contributed by atoms with Gasteiger partial charge in [-0.1, -0.05) is 36.4 Å². The summed E-state index contributed by atoms with van der Waals surface area (Å²) in [5.74, 6) is 0.504. The van der Waals surface area contributed by atoms with Gasteiger partial charge in [0.1, 0.15) is 11.6 Å². The van der Waals surface area contributed by atoms with Gasteiger partial charge in [0.05, 0.1) is 6.16 Å². The fraction of sp³-hybridized carbons (Fsp3) is 0.357. The van der Waals surface area contributed by atoms with Gasteiger partial charge >= 0.3 is 7.60 Å². The maximum atomic E-state index is 13.4. The Labute approximate surface area is 207 Å². The summed E-state index contributed by atoms with van der Waals surface area (Å²) in [6, 6.07) is 17.0. The largest absolute Gasteiger partial charge is 0.467 e. The van der Waals surface area contributed by atoms with Crippen LogP contribution in [0.5, 0.6) is 5.75 Å². The zero-order valence-corrected chi connectivity index (χ0v) is 22.0. The minimum atomic E-state index is -3.04. The minimum absolute atomic E-state index is 0.161. The molecule has 3 aromatic rings. The van der Waals surface area contributed by atoms with Crippen LogP contribution in [0.25, 0.3) is 0 Å². The first-order valence-corrected chi connectivity index (χ1v) is 13.3. The fourth-order valence-corrected chi connectivity index (χ4v) is 5.25. The lowest BCUT2D eigenvalue weighted by Crippen LogP contribution is -2.04. The molecule has 188 valence electrons. The molecule has 0 bridgehead atoms. The van der Waals surface area contributed by atoms with Crippen LogP contribution in [0.3, 0.4) is 0 Å². The molecule has 0 fully saturated rings. The highest BCUT2D eigenvalue weighted by atomic mass is 31.2. The molecule has 0 heterocycles. The molecular weight excluding hydrogens is 466 g/mol. The molecular formula is C28H34FO5P. The van der Waals surface area contributed by atoms with Crippen molar-refractivity contribution < 1.29 is 27.5 Å². The van der Waals surface area contributed by atoms with E-state index in [0.29, 0.717) is 19.0 Å². The molecule has 7 heteroatoms. The number of methoxy groups -OCH3 is 1. The van der Waals surface area contributed by atoms with E-state index in [1.165, 1.54) is 43.0 Å². The minimum Gasteiger partial charge on any atom is -0.467 e. The fourth-order valence-electron chi connectivity index (χ4n) is 4.20. The zero-order chi connectivity index (χ0) is 25.4. The Morgan fingerprint density at radius 1 is 0.800 bits per heavy atom. The van der Waals surface area contributed by atoms with E-state index in [2.05, 4.69) is 38.1 Å².